The molecule has 10 nitrogen and oxygen atoms in total. The Bertz CT molecular complexity index is 1130. The van der Waals surface area contributed by atoms with E-state index in [1.165, 1.54) is 46.0 Å². The minimum absolute atomic E-state index is 0.103. The number of anilines is 2. The molecular formula is C19H22ClN9OS3. The van der Waals surface area contributed by atoms with Crippen LogP contribution in [0.15, 0.2) is 38.9 Å². The number of benzene rings is 1. The average molecular weight is 524 g/mol. The van der Waals surface area contributed by atoms with E-state index >= 15 is 0 Å². The van der Waals surface area contributed by atoms with Gasteiger partial charge in [-0.2, -0.15) is 5.10 Å². The lowest BCUT2D eigenvalue weighted by atomic mass is 9.99. The third kappa shape index (κ3) is 6.82. The molecule has 1 aromatic carbocycles. The van der Waals surface area contributed by atoms with Crippen LogP contribution in [0.1, 0.15) is 37.7 Å². The Balaban J connectivity index is 1.23. The summed E-state index contributed by atoms with van der Waals surface area (Å²) in [7, 11) is 0. The van der Waals surface area contributed by atoms with Gasteiger partial charge in [-0.1, -0.05) is 71.1 Å². The summed E-state index contributed by atoms with van der Waals surface area (Å²) in [5.41, 5.74) is 5.00. The van der Waals surface area contributed by atoms with E-state index in [2.05, 4.69) is 36.2 Å². The number of hydrogen-bond acceptors (Lipinski definition) is 11. The first kappa shape index (κ1) is 23.8. The highest BCUT2D eigenvalue weighted by Gasteiger charge is 2.15. The first-order valence-corrected chi connectivity index (χ1v) is 13.4. The highest BCUT2D eigenvalue weighted by atomic mass is 35.5. The van der Waals surface area contributed by atoms with Crippen LogP contribution in [0.25, 0.3) is 0 Å². The SMILES string of the molecule is Nn1c(NN=C2CCCCC2)nnc1SCC(=O)Nc1nnc(SCc2ccccc2Cl)s1. The van der Waals surface area contributed by atoms with Crippen molar-refractivity contribution in [3.8, 4) is 0 Å². The number of halogens is 1. The van der Waals surface area contributed by atoms with E-state index in [-0.39, 0.29) is 11.7 Å². The van der Waals surface area contributed by atoms with Crippen LogP contribution >= 0.6 is 46.5 Å². The molecule has 1 fully saturated rings. The highest BCUT2D eigenvalue weighted by molar-refractivity contribution is 8.00. The summed E-state index contributed by atoms with van der Waals surface area (Å²) in [4.78, 5) is 12.3. The standard InChI is InChI=1S/C19H22ClN9OS3/c20-14-9-5-4-6-12(14)10-32-19-28-26-17(33-19)22-15(30)11-31-18-27-25-16(29(18)21)24-23-13-7-2-1-3-8-13/h4-6,9H,1-3,7-8,10-11,21H2,(H,24,25)(H,22,26,30). The summed E-state index contributed by atoms with van der Waals surface area (Å²) < 4.78 is 2.04. The predicted octanol–water partition coefficient (Wildman–Crippen LogP) is 4.25. The normalized spacial score (nSPS) is 13.7. The Morgan fingerprint density at radius 1 is 1.15 bits per heavy atom. The number of carbonyl (C=O) groups excluding carboxylic acids is 1. The first-order chi connectivity index (χ1) is 16.1. The molecule has 0 atom stereocenters. The monoisotopic (exact) mass is 523 g/mol. The van der Waals surface area contributed by atoms with Crippen molar-refractivity contribution >= 4 is 69.2 Å². The van der Waals surface area contributed by atoms with Crippen molar-refractivity contribution in [1.29, 1.82) is 0 Å². The molecule has 174 valence electrons. The summed E-state index contributed by atoms with van der Waals surface area (Å²) in [6.07, 6.45) is 5.53. The maximum absolute atomic E-state index is 12.3. The molecule has 4 N–H and O–H groups in total. The fourth-order valence-corrected chi connectivity index (χ4v) is 5.72. The number of nitrogens with two attached hydrogens (primary N) is 1. The number of amides is 1. The fraction of sp³-hybridized carbons (Fsp3) is 0.368. The number of rotatable bonds is 9. The molecule has 1 aliphatic rings. The predicted molar refractivity (Wildman–Crippen MR) is 135 cm³/mol. The van der Waals surface area contributed by atoms with Gasteiger partial charge in [0.2, 0.25) is 16.2 Å². The van der Waals surface area contributed by atoms with E-state index in [1.807, 2.05) is 24.3 Å². The van der Waals surface area contributed by atoms with Gasteiger partial charge in [0.15, 0.2) is 4.34 Å². The zero-order valence-corrected chi connectivity index (χ0v) is 20.7. The Hall–Kier alpha value is -2.35. The number of hydrazone groups is 1. The molecule has 0 aliphatic heterocycles. The number of aromatic nitrogens is 5. The topological polar surface area (TPSA) is 136 Å². The van der Waals surface area contributed by atoms with Gasteiger partial charge < -0.3 is 5.84 Å². The number of nitrogens with one attached hydrogen (secondary N) is 2. The number of nitrogens with zero attached hydrogens (tertiary/aromatic N) is 6. The molecule has 3 aromatic rings. The second kappa shape index (κ2) is 11.7. The molecule has 0 bridgehead atoms. The number of nitrogen functional groups attached to an aromatic ring is 1. The molecule has 1 saturated carbocycles. The smallest absolute Gasteiger partial charge is 0.264 e. The van der Waals surface area contributed by atoms with Crippen LogP contribution in [0.2, 0.25) is 5.02 Å². The van der Waals surface area contributed by atoms with E-state index in [0.29, 0.717) is 27.0 Å². The maximum Gasteiger partial charge on any atom is 0.264 e. The van der Waals surface area contributed by atoms with E-state index in [1.54, 1.807) is 0 Å². The van der Waals surface area contributed by atoms with E-state index in [0.717, 1.165) is 41.3 Å². The van der Waals surface area contributed by atoms with Crippen molar-refractivity contribution in [2.45, 2.75) is 47.4 Å². The fourth-order valence-electron chi connectivity index (χ4n) is 3.01. The third-order valence-corrected chi connectivity index (χ3v) is 8.04. The Kier molecular flexibility index (Phi) is 8.42. The van der Waals surface area contributed by atoms with Gasteiger partial charge in [0, 0.05) is 16.5 Å². The molecule has 0 unspecified atom stereocenters. The largest absolute Gasteiger partial charge is 0.334 e. The molecule has 2 aromatic heterocycles. The Morgan fingerprint density at radius 2 is 1.97 bits per heavy atom. The lowest BCUT2D eigenvalue weighted by Gasteiger charge is -2.12. The van der Waals surface area contributed by atoms with Crippen molar-refractivity contribution in [2.24, 2.45) is 5.10 Å². The highest BCUT2D eigenvalue weighted by Crippen LogP contribution is 2.30. The molecule has 14 heteroatoms. The zero-order chi connectivity index (χ0) is 23.0. The molecule has 4 rings (SSSR count). The summed E-state index contributed by atoms with van der Waals surface area (Å²) in [6, 6.07) is 7.66. The second-order valence-corrected chi connectivity index (χ2v) is 10.7. The van der Waals surface area contributed by atoms with Crippen molar-refractivity contribution in [2.75, 3.05) is 22.3 Å². The number of carbonyl (C=O) groups is 1. The van der Waals surface area contributed by atoms with Crippen LogP contribution in [0, 0.1) is 0 Å². The van der Waals surface area contributed by atoms with Crippen LogP contribution in [0.3, 0.4) is 0 Å². The molecule has 0 saturated heterocycles. The maximum atomic E-state index is 12.3. The van der Waals surface area contributed by atoms with Gasteiger partial charge in [0.25, 0.3) is 5.95 Å². The van der Waals surface area contributed by atoms with Crippen LogP contribution < -0.4 is 16.6 Å². The Labute approximate surface area is 208 Å². The lowest BCUT2D eigenvalue weighted by Crippen LogP contribution is -2.17. The van der Waals surface area contributed by atoms with Gasteiger partial charge in [-0.15, -0.1) is 20.4 Å². The molecule has 1 amide bonds. The summed E-state index contributed by atoms with van der Waals surface area (Å²) >= 11 is 10.2. The van der Waals surface area contributed by atoms with Gasteiger partial charge >= 0.3 is 0 Å². The summed E-state index contributed by atoms with van der Waals surface area (Å²) in [6.45, 7) is 0. The first-order valence-electron chi connectivity index (χ1n) is 10.2. The molecule has 0 spiro atoms. The van der Waals surface area contributed by atoms with Crippen molar-refractivity contribution < 1.29 is 4.79 Å². The van der Waals surface area contributed by atoms with Crippen LogP contribution in [-0.2, 0) is 10.5 Å². The number of hydrogen-bond donors (Lipinski definition) is 3. The van der Waals surface area contributed by atoms with Crippen molar-refractivity contribution in [3.05, 3.63) is 34.9 Å². The summed E-state index contributed by atoms with van der Waals surface area (Å²) in [5.74, 6) is 6.90. The van der Waals surface area contributed by atoms with Crippen LogP contribution in [0.5, 0.6) is 0 Å². The molecule has 2 heterocycles. The summed E-state index contributed by atoms with van der Waals surface area (Å²) in [5, 5.41) is 24.8. The Morgan fingerprint density at radius 3 is 2.79 bits per heavy atom. The lowest BCUT2D eigenvalue weighted by molar-refractivity contribution is -0.113. The molecule has 33 heavy (non-hydrogen) atoms. The van der Waals surface area contributed by atoms with E-state index < -0.39 is 0 Å². The van der Waals surface area contributed by atoms with Gasteiger partial charge in [0.05, 0.1) is 5.75 Å². The molecular weight excluding hydrogens is 502 g/mol. The second-order valence-electron chi connectivity index (χ2n) is 7.12. The minimum atomic E-state index is -0.237. The minimum Gasteiger partial charge on any atom is -0.334 e. The van der Waals surface area contributed by atoms with Gasteiger partial charge in [-0.3, -0.25) is 10.1 Å². The van der Waals surface area contributed by atoms with E-state index in [9.17, 15) is 4.79 Å². The average Bonchev–Trinajstić information content (AvgIpc) is 3.42. The van der Waals surface area contributed by atoms with Gasteiger partial charge in [0.1, 0.15) is 0 Å². The van der Waals surface area contributed by atoms with Gasteiger partial charge in [-0.25, -0.2) is 10.1 Å². The molecule has 0 radical (unpaired) electrons. The van der Waals surface area contributed by atoms with E-state index in [4.69, 9.17) is 17.4 Å². The number of thioether (sulfide) groups is 2. The van der Waals surface area contributed by atoms with Crippen LogP contribution in [0.4, 0.5) is 11.1 Å². The van der Waals surface area contributed by atoms with Gasteiger partial charge in [-0.05, 0) is 37.3 Å². The van der Waals surface area contributed by atoms with Crippen molar-refractivity contribution in [1.82, 2.24) is 25.1 Å². The molecule has 1 aliphatic carbocycles. The quantitative estimate of drug-likeness (QED) is 0.163. The van der Waals surface area contributed by atoms with Crippen LogP contribution in [-0.4, -0.2) is 42.4 Å². The third-order valence-electron chi connectivity index (χ3n) is 4.70. The van der Waals surface area contributed by atoms with Crippen molar-refractivity contribution in [3.63, 3.8) is 0 Å². The zero-order valence-electron chi connectivity index (χ0n) is 17.5.